The number of benzene rings is 2. The van der Waals surface area contributed by atoms with Gasteiger partial charge in [0.05, 0.1) is 16.9 Å². The number of anilines is 3. The molecule has 1 unspecified atom stereocenters. The van der Waals surface area contributed by atoms with Gasteiger partial charge in [0, 0.05) is 41.4 Å². The minimum Gasteiger partial charge on any atom is -0.480 e. The number of carbonyl (C=O) groups excluding carboxylic acids is 2. The monoisotopic (exact) mass is 612 g/mol. The van der Waals surface area contributed by atoms with Gasteiger partial charge in [-0.3, -0.25) is 9.59 Å². The van der Waals surface area contributed by atoms with Crippen LogP contribution in [0.2, 0.25) is 0 Å². The molecule has 9 nitrogen and oxygen atoms in total. The summed E-state index contributed by atoms with van der Waals surface area (Å²) in [4.78, 5) is 33.3. The number of fused-ring (bicyclic) bond motifs is 1. The fourth-order valence-electron chi connectivity index (χ4n) is 4.64. The maximum atomic E-state index is 14.6. The fraction of sp³-hybridized carbons (Fsp3) is 0.379. The van der Waals surface area contributed by atoms with Gasteiger partial charge in [0.2, 0.25) is 5.91 Å². The van der Waals surface area contributed by atoms with E-state index in [9.17, 15) is 14.0 Å². The molecule has 0 saturated carbocycles. The lowest BCUT2D eigenvalue weighted by atomic mass is 9.89. The van der Waals surface area contributed by atoms with E-state index in [-0.39, 0.29) is 23.3 Å². The molecule has 0 bridgehead atoms. The van der Waals surface area contributed by atoms with Gasteiger partial charge >= 0.3 is 0 Å². The average Bonchev–Trinajstić information content (AvgIpc) is 2.97. The molecule has 0 radical (unpaired) electrons. The predicted molar refractivity (Wildman–Crippen MR) is 159 cm³/mol. The molecule has 0 aliphatic carbocycles. The zero-order chi connectivity index (χ0) is 28.5. The number of Topliss-reactive ketones (excluding diaryl/α,β-unsaturated/α-hetero) is 1. The Hall–Kier alpha value is -3.57. The van der Waals surface area contributed by atoms with Crippen LogP contribution in [0.5, 0.6) is 5.75 Å². The van der Waals surface area contributed by atoms with Crippen molar-refractivity contribution < 1.29 is 18.7 Å². The Morgan fingerprint density at radius 1 is 1.20 bits per heavy atom. The molecular formula is C29H34BrFN6O3. The zero-order valence-electron chi connectivity index (χ0n) is 22.4. The van der Waals surface area contributed by atoms with Gasteiger partial charge in [-0.2, -0.15) is 0 Å². The second-order valence-electron chi connectivity index (χ2n) is 9.56. The number of rotatable bonds is 13. The lowest BCUT2D eigenvalue weighted by Gasteiger charge is -2.30. The molecule has 1 aliphatic rings. The molecule has 1 aliphatic heterocycles. The quantitative estimate of drug-likeness (QED) is 0.155. The van der Waals surface area contributed by atoms with E-state index in [4.69, 9.17) is 4.74 Å². The molecule has 212 valence electrons. The first-order chi connectivity index (χ1) is 19.4. The first kappa shape index (κ1) is 29.4. The normalized spacial score (nSPS) is 14.4. The molecule has 1 saturated heterocycles. The molecule has 2 aromatic carbocycles. The van der Waals surface area contributed by atoms with Crippen LogP contribution < -0.4 is 26.0 Å². The summed E-state index contributed by atoms with van der Waals surface area (Å²) in [5.74, 6) is 0.441. The minimum atomic E-state index is -0.576. The third-order valence-corrected chi connectivity index (χ3v) is 7.30. The van der Waals surface area contributed by atoms with Gasteiger partial charge in [-0.1, -0.05) is 29.4 Å². The molecule has 1 atom stereocenters. The van der Waals surface area contributed by atoms with Gasteiger partial charge < -0.3 is 26.0 Å². The van der Waals surface area contributed by atoms with Crippen LogP contribution in [0.25, 0.3) is 10.9 Å². The number of ketones is 1. The van der Waals surface area contributed by atoms with Crippen LogP contribution in [0.1, 0.15) is 32.6 Å². The van der Waals surface area contributed by atoms with Crippen molar-refractivity contribution in [2.75, 3.05) is 36.8 Å². The average molecular weight is 614 g/mol. The van der Waals surface area contributed by atoms with E-state index in [0.29, 0.717) is 58.6 Å². The molecule has 0 spiro atoms. The van der Waals surface area contributed by atoms with Gasteiger partial charge in [0.25, 0.3) is 0 Å². The summed E-state index contributed by atoms with van der Waals surface area (Å²) in [7, 11) is 0. The molecule has 4 rings (SSSR count). The Balaban J connectivity index is 1.66. The third-order valence-electron chi connectivity index (χ3n) is 6.81. The van der Waals surface area contributed by atoms with E-state index >= 15 is 0 Å². The summed E-state index contributed by atoms with van der Waals surface area (Å²) in [5, 5.41) is 13.2. The number of hydrogen-bond acceptors (Lipinski definition) is 8. The van der Waals surface area contributed by atoms with Crippen LogP contribution in [0, 0.1) is 11.7 Å². The smallest absolute Gasteiger partial charge is 0.243 e. The molecule has 4 N–H and O–H groups in total. The molecule has 40 heavy (non-hydrogen) atoms. The Bertz CT molecular complexity index is 1370. The van der Waals surface area contributed by atoms with Crippen LogP contribution in [0.3, 0.4) is 0 Å². The summed E-state index contributed by atoms with van der Waals surface area (Å²) < 4.78 is 21.7. The molecule has 11 heteroatoms. The highest BCUT2D eigenvalue weighted by Gasteiger charge is 2.31. The van der Waals surface area contributed by atoms with Crippen molar-refractivity contribution in [2.45, 2.75) is 38.7 Å². The lowest BCUT2D eigenvalue weighted by Crippen LogP contribution is -2.41. The number of nitrogens with zero attached hydrogens (tertiary/aromatic N) is 2. The highest BCUT2D eigenvalue weighted by molar-refractivity contribution is 9.10. The second kappa shape index (κ2) is 14.2. The van der Waals surface area contributed by atoms with Gasteiger partial charge in [-0.05, 0) is 62.7 Å². The SMILES string of the molecule is C=CC(=O)NCCCNc1cc2c(Nc3ccc(Br)cc3F)ncnc2cc1OC(C(=O)CC)C1CCNCC1. The standard InChI is InChI=1S/C29H34BrFN6O3/c1-3-25(38)28(18-8-12-32-13-9-18)40-26-16-23-20(15-24(26)33-10-5-11-34-27(39)4-2)29(36-17-35-23)37-22-7-6-19(30)14-21(22)31/h4,6-7,14-18,28,32-33H,2-3,5,8-13H2,1H3,(H,34,39)(H,35,36,37). The largest absolute Gasteiger partial charge is 0.480 e. The van der Waals surface area contributed by atoms with Crippen molar-refractivity contribution in [1.82, 2.24) is 20.6 Å². The van der Waals surface area contributed by atoms with Crippen molar-refractivity contribution in [2.24, 2.45) is 5.92 Å². The Morgan fingerprint density at radius 2 is 2.00 bits per heavy atom. The van der Waals surface area contributed by atoms with Crippen molar-refractivity contribution in [3.05, 3.63) is 59.6 Å². The molecule has 1 amide bonds. The minimum absolute atomic E-state index is 0.0563. The van der Waals surface area contributed by atoms with Crippen molar-refractivity contribution in [3.63, 3.8) is 0 Å². The summed E-state index contributed by atoms with van der Waals surface area (Å²) in [6, 6.07) is 8.38. The number of carbonyl (C=O) groups is 2. The second-order valence-corrected chi connectivity index (χ2v) is 10.5. The summed E-state index contributed by atoms with van der Waals surface area (Å²) in [6.07, 6.45) is 4.79. The summed E-state index contributed by atoms with van der Waals surface area (Å²) in [5.41, 5.74) is 1.51. The van der Waals surface area contributed by atoms with E-state index in [1.807, 2.05) is 13.0 Å². The predicted octanol–water partition coefficient (Wildman–Crippen LogP) is 5.11. The number of amides is 1. The third kappa shape index (κ3) is 7.54. The number of piperidine rings is 1. The van der Waals surface area contributed by atoms with E-state index in [0.717, 1.165) is 25.9 Å². The van der Waals surface area contributed by atoms with E-state index in [1.54, 1.807) is 18.2 Å². The van der Waals surface area contributed by atoms with Gasteiger partial charge in [0.15, 0.2) is 11.9 Å². The molecule has 2 heterocycles. The first-order valence-corrected chi connectivity index (χ1v) is 14.2. The molecule has 3 aromatic rings. The maximum absolute atomic E-state index is 14.6. The number of halogens is 2. The summed E-state index contributed by atoms with van der Waals surface area (Å²) >= 11 is 3.28. The van der Waals surface area contributed by atoms with Crippen LogP contribution in [0.4, 0.5) is 21.6 Å². The number of ether oxygens (including phenoxy) is 1. The number of nitrogens with one attached hydrogen (secondary N) is 4. The van der Waals surface area contributed by atoms with Crippen LogP contribution in [-0.4, -0.2) is 53.9 Å². The lowest BCUT2D eigenvalue weighted by molar-refractivity contribution is -0.128. The van der Waals surface area contributed by atoms with Crippen molar-refractivity contribution in [1.29, 1.82) is 0 Å². The van der Waals surface area contributed by atoms with E-state index in [2.05, 4.69) is 53.7 Å². The topological polar surface area (TPSA) is 117 Å². The number of aromatic nitrogens is 2. The van der Waals surface area contributed by atoms with Crippen molar-refractivity contribution >= 4 is 55.7 Å². The molecular weight excluding hydrogens is 579 g/mol. The van der Waals surface area contributed by atoms with Gasteiger partial charge in [0.1, 0.15) is 23.7 Å². The molecule has 1 aromatic heterocycles. The zero-order valence-corrected chi connectivity index (χ0v) is 24.0. The Morgan fingerprint density at radius 3 is 2.73 bits per heavy atom. The fourth-order valence-corrected chi connectivity index (χ4v) is 4.98. The Kier molecular flexibility index (Phi) is 10.4. The highest BCUT2D eigenvalue weighted by atomic mass is 79.9. The van der Waals surface area contributed by atoms with Crippen LogP contribution in [0.15, 0.2) is 53.8 Å². The van der Waals surface area contributed by atoms with Gasteiger partial charge in [-0.25, -0.2) is 14.4 Å². The van der Waals surface area contributed by atoms with E-state index < -0.39 is 11.9 Å². The van der Waals surface area contributed by atoms with E-state index in [1.165, 1.54) is 18.5 Å². The van der Waals surface area contributed by atoms with Gasteiger partial charge in [-0.15, -0.1) is 0 Å². The highest BCUT2D eigenvalue weighted by Crippen LogP contribution is 2.36. The molecule has 1 fully saturated rings. The summed E-state index contributed by atoms with van der Waals surface area (Å²) in [6.45, 7) is 7.99. The van der Waals surface area contributed by atoms with Crippen molar-refractivity contribution in [3.8, 4) is 5.75 Å². The number of hydrogen-bond donors (Lipinski definition) is 4. The maximum Gasteiger partial charge on any atom is 0.243 e. The van der Waals surface area contributed by atoms with Crippen LogP contribution in [-0.2, 0) is 9.59 Å². The first-order valence-electron chi connectivity index (χ1n) is 13.4. The van der Waals surface area contributed by atoms with Crippen LogP contribution >= 0.6 is 15.9 Å². The Labute approximate surface area is 241 Å².